The Balaban J connectivity index is 1.77. The largest absolute Gasteiger partial charge is 0.416 e. The van der Waals surface area contributed by atoms with Gasteiger partial charge in [0.2, 0.25) is 5.95 Å². The molecule has 0 spiro atoms. The van der Waals surface area contributed by atoms with E-state index in [0.717, 1.165) is 17.7 Å². The minimum Gasteiger partial charge on any atom is -0.340 e. The maximum Gasteiger partial charge on any atom is 0.416 e. The SMILES string of the molecule is N#Cc1ccc2nc(N[C@](Cc3ccccc3)(c3cc(F)cc(C(F)(F)F)c3)c3ccc(Cl)cn3)[nH]c2c1. The van der Waals surface area contributed by atoms with E-state index in [2.05, 4.69) is 26.3 Å². The summed E-state index contributed by atoms with van der Waals surface area (Å²) in [6.07, 6.45) is -3.32. The maximum absolute atomic E-state index is 14.8. The molecule has 0 aliphatic carbocycles. The van der Waals surface area contributed by atoms with Crippen molar-refractivity contribution in [2.45, 2.75) is 18.1 Å². The van der Waals surface area contributed by atoms with Crippen molar-refractivity contribution in [1.82, 2.24) is 15.0 Å². The molecule has 0 fully saturated rings. The number of rotatable bonds is 6. The summed E-state index contributed by atoms with van der Waals surface area (Å²) in [5, 5.41) is 12.8. The first-order valence-electron chi connectivity index (χ1n) is 11.4. The molecule has 2 aromatic heterocycles. The number of H-pyrrole nitrogens is 1. The van der Waals surface area contributed by atoms with Crippen LogP contribution in [-0.4, -0.2) is 15.0 Å². The summed E-state index contributed by atoms with van der Waals surface area (Å²) >= 11 is 6.08. The smallest absolute Gasteiger partial charge is 0.340 e. The highest BCUT2D eigenvalue weighted by molar-refractivity contribution is 6.30. The van der Waals surface area contributed by atoms with E-state index in [1.54, 1.807) is 42.5 Å². The van der Waals surface area contributed by atoms with E-state index in [4.69, 9.17) is 11.6 Å². The highest BCUT2D eigenvalue weighted by Gasteiger charge is 2.40. The Kier molecular flexibility index (Phi) is 6.51. The van der Waals surface area contributed by atoms with Crippen molar-refractivity contribution in [2.24, 2.45) is 0 Å². The molecular formula is C28H18ClF4N5. The fourth-order valence-electron chi connectivity index (χ4n) is 4.39. The van der Waals surface area contributed by atoms with Crippen LogP contribution in [0.3, 0.4) is 0 Å². The van der Waals surface area contributed by atoms with Crippen molar-refractivity contribution in [3.63, 3.8) is 0 Å². The Morgan fingerprint density at radius 2 is 1.71 bits per heavy atom. The maximum atomic E-state index is 14.8. The second-order valence-electron chi connectivity index (χ2n) is 8.71. The van der Waals surface area contributed by atoms with Crippen LogP contribution in [0.25, 0.3) is 11.0 Å². The molecule has 38 heavy (non-hydrogen) atoms. The number of aromatic nitrogens is 3. The lowest BCUT2D eigenvalue weighted by atomic mass is 9.80. The van der Waals surface area contributed by atoms with Crippen molar-refractivity contribution >= 4 is 28.6 Å². The molecule has 10 heteroatoms. The van der Waals surface area contributed by atoms with Gasteiger partial charge in [-0.05, 0) is 59.7 Å². The van der Waals surface area contributed by atoms with Gasteiger partial charge in [-0.3, -0.25) is 4.98 Å². The van der Waals surface area contributed by atoms with Gasteiger partial charge in [-0.25, -0.2) is 9.37 Å². The van der Waals surface area contributed by atoms with Crippen molar-refractivity contribution in [2.75, 3.05) is 5.32 Å². The number of fused-ring (bicyclic) bond motifs is 1. The fourth-order valence-corrected chi connectivity index (χ4v) is 4.50. The van der Waals surface area contributed by atoms with Crippen molar-refractivity contribution < 1.29 is 17.6 Å². The molecular weight excluding hydrogens is 518 g/mol. The number of aromatic amines is 1. The summed E-state index contributed by atoms with van der Waals surface area (Å²) in [6.45, 7) is 0. The topological polar surface area (TPSA) is 77.4 Å². The van der Waals surface area contributed by atoms with Gasteiger partial charge in [-0.2, -0.15) is 18.4 Å². The van der Waals surface area contributed by atoms with Crippen LogP contribution in [0.15, 0.2) is 85.1 Å². The highest BCUT2D eigenvalue weighted by atomic mass is 35.5. The van der Waals surface area contributed by atoms with Gasteiger partial charge in [-0.15, -0.1) is 0 Å². The van der Waals surface area contributed by atoms with Gasteiger partial charge in [-0.1, -0.05) is 41.9 Å². The monoisotopic (exact) mass is 535 g/mol. The predicted molar refractivity (Wildman–Crippen MR) is 136 cm³/mol. The van der Waals surface area contributed by atoms with Gasteiger partial charge in [0.05, 0.1) is 38.9 Å². The number of pyridine rings is 1. The van der Waals surface area contributed by atoms with Crippen molar-refractivity contribution in [3.05, 3.63) is 124 Å². The van der Waals surface area contributed by atoms with Crippen LogP contribution in [0.5, 0.6) is 0 Å². The number of nitrogens with one attached hydrogen (secondary N) is 2. The summed E-state index contributed by atoms with van der Waals surface area (Å²) in [5.41, 5.74) is -0.146. The van der Waals surface area contributed by atoms with Crippen LogP contribution in [-0.2, 0) is 18.1 Å². The Hall–Kier alpha value is -4.42. The predicted octanol–water partition coefficient (Wildman–Crippen LogP) is 7.24. The molecule has 0 aliphatic rings. The normalized spacial score (nSPS) is 13.2. The molecule has 2 heterocycles. The Morgan fingerprint density at radius 1 is 0.947 bits per heavy atom. The summed E-state index contributed by atoms with van der Waals surface area (Å²) in [6, 6.07) is 21.5. The average Bonchev–Trinajstić information content (AvgIpc) is 3.29. The van der Waals surface area contributed by atoms with E-state index in [0.29, 0.717) is 33.4 Å². The number of hydrogen-bond donors (Lipinski definition) is 2. The quantitative estimate of drug-likeness (QED) is 0.225. The molecule has 0 bridgehead atoms. The standard InChI is InChI=1S/C28H18ClF4N5/c29-21-7-9-25(35-16-21)27(14-17-4-2-1-3-5-17,19-11-20(28(31,32)33)13-22(30)12-19)38-26-36-23-8-6-18(15-34)10-24(23)37-26/h1-13,16H,14H2,(H2,36,37,38)/t27-/m1/s1. The van der Waals surface area contributed by atoms with Crippen LogP contribution in [0.2, 0.25) is 5.02 Å². The number of benzene rings is 3. The van der Waals surface area contributed by atoms with E-state index >= 15 is 0 Å². The number of anilines is 1. The molecule has 0 unspecified atom stereocenters. The van der Waals surface area contributed by atoms with Gasteiger partial charge in [0.25, 0.3) is 0 Å². The van der Waals surface area contributed by atoms with Crippen LogP contribution in [0.1, 0.15) is 27.9 Å². The first-order chi connectivity index (χ1) is 18.2. The number of hydrogen-bond acceptors (Lipinski definition) is 4. The summed E-state index contributed by atoms with van der Waals surface area (Å²) < 4.78 is 56.1. The van der Waals surface area contributed by atoms with Crippen molar-refractivity contribution in [1.29, 1.82) is 5.26 Å². The number of imidazole rings is 1. The van der Waals surface area contributed by atoms with Crippen LogP contribution in [0.4, 0.5) is 23.5 Å². The lowest BCUT2D eigenvalue weighted by Crippen LogP contribution is -2.40. The third kappa shape index (κ3) is 5.04. The zero-order chi connectivity index (χ0) is 26.9. The third-order valence-corrected chi connectivity index (χ3v) is 6.36. The molecule has 0 amide bonds. The van der Waals surface area contributed by atoms with E-state index in [1.807, 2.05) is 18.2 Å². The number of nitriles is 1. The number of nitrogens with zero attached hydrogens (tertiary/aromatic N) is 3. The molecule has 0 saturated carbocycles. The number of halogens is 5. The minimum absolute atomic E-state index is 0.0123. The molecule has 0 radical (unpaired) electrons. The minimum atomic E-state index is -4.78. The zero-order valence-corrected chi connectivity index (χ0v) is 20.3. The van der Waals surface area contributed by atoms with Gasteiger partial charge in [0, 0.05) is 12.6 Å². The highest BCUT2D eigenvalue weighted by Crippen LogP contribution is 2.40. The Morgan fingerprint density at radius 3 is 2.39 bits per heavy atom. The Labute approximate surface area is 219 Å². The molecule has 5 nitrogen and oxygen atoms in total. The van der Waals surface area contributed by atoms with Gasteiger partial charge >= 0.3 is 6.18 Å². The second-order valence-corrected chi connectivity index (χ2v) is 9.15. The van der Waals surface area contributed by atoms with E-state index < -0.39 is 23.1 Å². The lowest BCUT2D eigenvalue weighted by molar-refractivity contribution is -0.137. The van der Waals surface area contributed by atoms with Gasteiger partial charge in [0.15, 0.2) is 0 Å². The average molecular weight is 536 g/mol. The first kappa shape index (κ1) is 25.2. The zero-order valence-electron chi connectivity index (χ0n) is 19.5. The van der Waals surface area contributed by atoms with Crippen LogP contribution in [0, 0.1) is 17.1 Å². The van der Waals surface area contributed by atoms with Crippen LogP contribution >= 0.6 is 11.6 Å². The molecule has 190 valence electrons. The number of alkyl halides is 3. The van der Waals surface area contributed by atoms with Gasteiger partial charge in [0.1, 0.15) is 11.4 Å². The van der Waals surface area contributed by atoms with E-state index in [-0.39, 0.29) is 17.9 Å². The summed E-state index contributed by atoms with van der Waals surface area (Å²) in [5.74, 6) is -0.855. The second kappa shape index (κ2) is 9.80. The van der Waals surface area contributed by atoms with E-state index in [1.165, 1.54) is 6.20 Å². The fraction of sp³-hybridized carbons (Fsp3) is 0.107. The third-order valence-electron chi connectivity index (χ3n) is 6.14. The molecule has 5 aromatic rings. The summed E-state index contributed by atoms with van der Waals surface area (Å²) in [4.78, 5) is 12.0. The summed E-state index contributed by atoms with van der Waals surface area (Å²) in [7, 11) is 0. The van der Waals surface area contributed by atoms with Crippen LogP contribution < -0.4 is 5.32 Å². The molecule has 1 atom stereocenters. The Bertz CT molecular complexity index is 1640. The molecule has 5 rings (SSSR count). The molecule has 0 saturated heterocycles. The molecule has 0 aliphatic heterocycles. The van der Waals surface area contributed by atoms with Gasteiger partial charge < -0.3 is 10.3 Å². The molecule has 2 N–H and O–H groups in total. The lowest BCUT2D eigenvalue weighted by Gasteiger charge is -2.35. The van der Waals surface area contributed by atoms with Crippen molar-refractivity contribution in [3.8, 4) is 6.07 Å². The first-order valence-corrected chi connectivity index (χ1v) is 11.8. The molecule has 3 aromatic carbocycles. The van der Waals surface area contributed by atoms with E-state index in [9.17, 15) is 22.8 Å².